The minimum Gasteiger partial charge on any atom is -0.302 e. The molecule has 10 nitrogen and oxygen atoms in total. The molecule has 0 unspecified atom stereocenters. The van der Waals surface area contributed by atoms with Crippen LogP contribution in [-0.4, -0.2) is 26.3 Å². The Balaban J connectivity index is 1.79. The number of carbonyl (C=O) groups is 2. The van der Waals surface area contributed by atoms with Gasteiger partial charge < -0.3 is 4.57 Å². The second-order valence-corrected chi connectivity index (χ2v) is 6.61. The van der Waals surface area contributed by atoms with Crippen molar-refractivity contribution in [2.45, 2.75) is 6.92 Å². The molecule has 3 aromatic rings. The fourth-order valence-electron chi connectivity index (χ4n) is 2.43. The molecule has 2 amide bonds. The Hall–Kier alpha value is -3.60. The van der Waals surface area contributed by atoms with Gasteiger partial charge in [0.05, 0.1) is 21.5 Å². The highest BCUT2D eigenvalue weighted by atomic mass is 32.1. The summed E-state index contributed by atoms with van der Waals surface area (Å²) in [5.74, 6) is -1.32. The van der Waals surface area contributed by atoms with Crippen LogP contribution in [0, 0.1) is 17.0 Å². The van der Waals surface area contributed by atoms with Crippen molar-refractivity contribution in [3.63, 3.8) is 0 Å². The summed E-state index contributed by atoms with van der Waals surface area (Å²) in [4.78, 5) is 51.6. The number of benzene rings is 1. The lowest BCUT2D eigenvalue weighted by atomic mass is 10.2. The molecule has 138 valence electrons. The highest BCUT2D eigenvalue weighted by Crippen LogP contribution is 2.26. The quantitative estimate of drug-likeness (QED) is 0.513. The lowest BCUT2D eigenvalue weighted by Gasteiger charge is -2.06. The lowest BCUT2D eigenvalue weighted by Crippen LogP contribution is -2.41. The molecule has 0 fully saturated rings. The van der Waals surface area contributed by atoms with Crippen molar-refractivity contribution < 1.29 is 14.5 Å². The summed E-state index contributed by atoms with van der Waals surface area (Å²) < 4.78 is 1.31. The largest absolute Gasteiger partial charge is 0.302 e. The first kappa shape index (κ1) is 18.2. The molecule has 0 radical (unpaired) electrons. The van der Waals surface area contributed by atoms with Gasteiger partial charge in [0.1, 0.15) is 4.83 Å². The van der Waals surface area contributed by atoms with E-state index < -0.39 is 16.7 Å². The maximum absolute atomic E-state index is 12.4. The number of nitrogens with zero attached hydrogens (tertiary/aromatic N) is 3. The third-order valence-corrected chi connectivity index (χ3v) is 5.02. The van der Waals surface area contributed by atoms with Crippen molar-refractivity contribution in [1.82, 2.24) is 20.4 Å². The van der Waals surface area contributed by atoms with Crippen LogP contribution in [0.3, 0.4) is 0 Å². The second-order valence-electron chi connectivity index (χ2n) is 5.61. The molecule has 2 N–H and O–H groups in total. The highest BCUT2D eigenvalue weighted by Gasteiger charge is 2.20. The molecular weight excluding hydrogens is 374 g/mol. The summed E-state index contributed by atoms with van der Waals surface area (Å²) in [6.07, 6.45) is 1.37. The van der Waals surface area contributed by atoms with Crippen LogP contribution in [0.2, 0.25) is 0 Å². The Kier molecular flexibility index (Phi) is 4.69. The zero-order valence-corrected chi connectivity index (χ0v) is 15.0. The van der Waals surface area contributed by atoms with Crippen LogP contribution in [0.5, 0.6) is 0 Å². The van der Waals surface area contributed by atoms with Gasteiger partial charge in [0.2, 0.25) is 0 Å². The van der Waals surface area contributed by atoms with E-state index >= 15 is 0 Å². The molecule has 0 saturated heterocycles. The maximum Gasteiger partial charge on any atom is 0.280 e. The molecule has 3 rings (SSSR count). The van der Waals surface area contributed by atoms with E-state index in [1.807, 2.05) is 0 Å². The van der Waals surface area contributed by atoms with Crippen LogP contribution in [0.15, 0.2) is 35.4 Å². The summed E-state index contributed by atoms with van der Waals surface area (Å²) >= 11 is 1.03. The topological polar surface area (TPSA) is 136 Å². The van der Waals surface area contributed by atoms with Gasteiger partial charge in [-0.2, -0.15) is 0 Å². The first-order valence-corrected chi connectivity index (χ1v) is 8.41. The SMILES string of the molecule is Cc1c(C(=O)NNC(=O)c2cccc([N+](=O)[O-])c2)sc2ncn(C)c(=O)c12. The third-order valence-electron chi connectivity index (χ3n) is 3.83. The summed E-state index contributed by atoms with van der Waals surface area (Å²) in [5, 5.41) is 11.1. The van der Waals surface area contributed by atoms with Crippen LogP contribution >= 0.6 is 11.3 Å². The predicted molar refractivity (Wildman–Crippen MR) is 97.6 cm³/mol. The summed E-state index contributed by atoms with van der Waals surface area (Å²) in [7, 11) is 1.56. The van der Waals surface area contributed by atoms with Gasteiger partial charge >= 0.3 is 0 Å². The van der Waals surface area contributed by atoms with E-state index in [0.29, 0.717) is 15.8 Å². The molecule has 0 bridgehead atoms. The number of hydrogen-bond acceptors (Lipinski definition) is 7. The number of hydrogen-bond donors (Lipinski definition) is 2. The average molecular weight is 387 g/mol. The van der Waals surface area contributed by atoms with Crippen molar-refractivity contribution in [2.75, 3.05) is 0 Å². The molecule has 2 aromatic heterocycles. The van der Waals surface area contributed by atoms with Crippen LogP contribution in [-0.2, 0) is 7.05 Å². The van der Waals surface area contributed by atoms with Gasteiger partial charge in [-0.1, -0.05) is 6.07 Å². The number of rotatable bonds is 3. The van der Waals surface area contributed by atoms with Crippen molar-refractivity contribution in [2.24, 2.45) is 7.05 Å². The van der Waals surface area contributed by atoms with E-state index in [1.165, 1.54) is 29.1 Å². The number of amides is 2. The van der Waals surface area contributed by atoms with E-state index in [-0.39, 0.29) is 21.7 Å². The number of nitro benzene ring substituents is 1. The molecule has 0 aliphatic rings. The Labute approximate surface area is 155 Å². The van der Waals surface area contributed by atoms with Crippen molar-refractivity contribution in [3.8, 4) is 0 Å². The standard InChI is InChI=1S/C16H13N5O5S/c1-8-11-15(17-7-20(2)16(11)24)27-12(8)14(23)19-18-13(22)9-4-3-5-10(6-9)21(25)26/h3-7H,1-2H3,(H,18,22)(H,19,23). The minimum absolute atomic E-state index is 0.0214. The zero-order valence-electron chi connectivity index (χ0n) is 14.2. The van der Waals surface area contributed by atoms with Crippen LogP contribution in [0.1, 0.15) is 25.6 Å². The highest BCUT2D eigenvalue weighted by molar-refractivity contribution is 7.20. The normalized spacial score (nSPS) is 10.6. The molecule has 0 aliphatic heterocycles. The van der Waals surface area contributed by atoms with Gasteiger partial charge in [-0.3, -0.25) is 35.3 Å². The first-order chi connectivity index (χ1) is 12.8. The van der Waals surface area contributed by atoms with E-state index in [2.05, 4.69) is 15.8 Å². The fourth-order valence-corrected chi connectivity index (χ4v) is 3.46. The number of nitro groups is 1. The van der Waals surface area contributed by atoms with E-state index in [9.17, 15) is 24.5 Å². The Bertz CT molecular complexity index is 1150. The molecule has 0 atom stereocenters. The molecule has 0 aliphatic carbocycles. The third kappa shape index (κ3) is 3.40. The molecule has 0 saturated carbocycles. The zero-order chi connectivity index (χ0) is 19.7. The molecule has 0 spiro atoms. The summed E-state index contributed by atoms with van der Waals surface area (Å²) in [6, 6.07) is 5.10. The molecular formula is C16H13N5O5S. The molecule has 27 heavy (non-hydrogen) atoms. The van der Waals surface area contributed by atoms with Crippen molar-refractivity contribution in [1.29, 1.82) is 0 Å². The number of nitrogens with one attached hydrogen (secondary N) is 2. The van der Waals surface area contributed by atoms with Crippen molar-refractivity contribution >= 4 is 39.1 Å². The van der Waals surface area contributed by atoms with E-state index in [4.69, 9.17) is 0 Å². The van der Waals surface area contributed by atoms with E-state index in [0.717, 1.165) is 17.4 Å². The van der Waals surface area contributed by atoms with Gasteiger partial charge in [-0.25, -0.2) is 4.98 Å². The van der Waals surface area contributed by atoms with Gasteiger partial charge in [0.25, 0.3) is 23.1 Å². The van der Waals surface area contributed by atoms with Gasteiger partial charge in [-0.15, -0.1) is 11.3 Å². The number of thiophene rings is 1. The molecule has 2 heterocycles. The lowest BCUT2D eigenvalue weighted by molar-refractivity contribution is -0.384. The summed E-state index contributed by atoms with van der Waals surface area (Å²) in [6.45, 7) is 1.62. The van der Waals surface area contributed by atoms with Crippen LogP contribution < -0.4 is 16.4 Å². The number of fused-ring (bicyclic) bond motifs is 1. The number of hydrazine groups is 1. The van der Waals surface area contributed by atoms with Crippen molar-refractivity contribution in [3.05, 3.63) is 67.1 Å². The Morgan fingerprint density at radius 3 is 2.67 bits per heavy atom. The maximum atomic E-state index is 12.4. The molecule has 11 heteroatoms. The smallest absolute Gasteiger partial charge is 0.280 e. The number of carbonyl (C=O) groups excluding carboxylic acids is 2. The van der Waals surface area contributed by atoms with Crippen LogP contribution in [0.25, 0.3) is 10.2 Å². The van der Waals surface area contributed by atoms with Crippen LogP contribution in [0.4, 0.5) is 5.69 Å². The Morgan fingerprint density at radius 1 is 1.26 bits per heavy atom. The minimum atomic E-state index is -0.708. The molecule has 1 aromatic carbocycles. The Morgan fingerprint density at radius 2 is 1.96 bits per heavy atom. The summed E-state index contributed by atoms with van der Waals surface area (Å²) in [5.41, 5.74) is 4.43. The van der Waals surface area contributed by atoms with Gasteiger partial charge in [-0.05, 0) is 18.6 Å². The first-order valence-electron chi connectivity index (χ1n) is 7.59. The second kappa shape index (κ2) is 6.96. The average Bonchev–Trinajstić information content (AvgIpc) is 3.00. The number of aryl methyl sites for hydroxylation is 2. The fraction of sp³-hybridized carbons (Fsp3) is 0.125. The predicted octanol–water partition coefficient (Wildman–Crippen LogP) is 1.29. The van der Waals surface area contributed by atoms with Gasteiger partial charge in [0, 0.05) is 24.7 Å². The monoisotopic (exact) mass is 387 g/mol. The number of aromatic nitrogens is 2. The number of non-ortho nitro benzene ring substituents is 1. The van der Waals surface area contributed by atoms with Gasteiger partial charge in [0.15, 0.2) is 0 Å². The van der Waals surface area contributed by atoms with E-state index in [1.54, 1.807) is 14.0 Å².